The van der Waals surface area contributed by atoms with E-state index in [4.69, 9.17) is 27.7 Å². The largest absolute Gasteiger partial charge is 0.337 e. The summed E-state index contributed by atoms with van der Waals surface area (Å²) in [4.78, 5) is 22.6. The number of rotatable bonds is 4. The molecule has 6 nitrogen and oxygen atoms in total. The molecule has 0 bridgehead atoms. The van der Waals surface area contributed by atoms with Gasteiger partial charge in [0.2, 0.25) is 11.7 Å². The Hall–Kier alpha value is -3.00. The second-order valence-corrected chi connectivity index (χ2v) is 8.21. The average Bonchev–Trinajstić information content (AvgIpc) is 3.39. The minimum atomic E-state index is -0.177. The Labute approximate surface area is 184 Å². The average molecular weight is 455 g/mol. The molecule has 0 saturated carbocycles. The van der Waals surface area contributed by atoms with Crippen LogP contribution in [-0.4, -0.2) is 19.7 Å². The van der Waals surface area contributed by atoms with Gasteiger partial charge in [-0.05, 0) is 29.8 Å². The van der Waals surface area contributed by atoms with Crippen LogP contribution >= 0.6 is 34.5 Å². The lowest BCUT2D eigenvalue weighted by atomic mass is 10.1. The van der Waals surface area contributed by atoms with Gasteiger partial charge in [0.05, 0.1) is 16.7 Å². The summed E-state index contributed by atoms with van der Waals surface area (Å²) in [5.74, 6) is 0.659. The van der Waals surface area contributed by atoms with Gasteiger partial charge < -0.3 is 4.52 Å². The van der Waals surface area contributed by atoms with Gasteiger partial charge in [0.15, 0.2) is 0 Å². The Bertz CT molecular complexity index is 1420. The number of halogens is 2. The summed E-state index contributed by atoms with van der Waals surface area (Å²) in [6.45, 7) is 0.106. The Morgan fingerprint density at radius 3 is 2.63 bits per heavy atom. The molecule has 0 spiro atoms. The van der Waals surface area contributed by atoms with E-state index < -0.39 is 0 Å². The van der Waals surface area contributed by atoms with Crippen molar-refractivity contribution in [2.24, 2.45) is 0 Å². The van der Waals surface area contributed by atoms with Gasteiger partial charge in [-0.3, -0.25) is 9.36 Å². The zero-order valence-electron chi connectivity index (χ0n) is 15.3. The van der Waals surface area contributed by atoms with Crippen molar-refractivity contribution in [3.8, 4) is 22.5 Å². The monoisotopic (exact) mass is 454 g/mol. The molecule has 0 aliphatic carbocycles. The van der Waals surface area contributed by atoms with E-state index in [1.165, 1.54) is 22.2 Å². The first-order chi connectivity index (χ1) is 14.6. The van der Waals surface area contributed by atoms with Crippen LogP contribution in [-0.2, 0) is 6.54 Å². The van der Waals surface area contributed by atoms with Crippen LogP contribution in [0.5, 0.6) is 0 Å². The normalized spacial score (nSPS) is 11.3. The molecule has 0 amide bonds. The highest BCUT2D eigenvalue weighted by Crippen LogP contribution is 2.31. The molecule has 9 heteroatoms. The lowest BCUT2D eigenvalue weighted by Gasteiger charge is -2.04. The van der Waals surface area contributed by atoms with Gasteiger partial charge in [-0.15, -0.1) is 11.3 Å². The summed E-state index contributed by atoms with van der Waals surface area (Å²) in [6, 6.07) is 14.6. The summed E-state index contributed by atoms with van der Waals surface area (Å²) in [7, 11) is 0. The van der Waals surface area contributed by atoms with E-state index >= 15 is 0 Å². The maximum absolute atomic E-state index is 13.2. The van der Waals surface area contributed by atoms with Crippen molar-refractivity contribution < 1.29 is 4.52 Å². The third-order valence-electron chi connectivity index (χ3n) is 4.60. The zero-order chi connectivity index (χ0) is 20.7. The van der Waals surface area contributed by atoms with Gasteiger partial charge >= 0.3 is 0 Å². The molecule has 30 heavy (non-hydrogen) atoms. The van der Waals surface area contributed by atoms with Crippen LogP contribution in [0.2, 0.25) is 10.0 Å². The molecule has 2 aromatic carbocycles. The molecule has 3 heterocycles. The Morgan fingerprint density at radius 1 is 1.03 bits per heavy atom. The predicted octanol–water partition coefficient (Wildman–Crippen LogP) is 5.53. The summed E-state index contributed by atoms with van der Waals surface area (Å²) in [5.41, 5.74) is 2.21. The number of hydrogen-bond acceptors (Lipinski definition) is 6. The van der Waals surface area contributed by atoms with E-state index in [1.54, 1.807) is 24.3 Å². The molecule has 148 valence electrons. The minimum Gasteiger partial charge on any atom is -0.337 e. The molecule has 0 N–H and O–H groups in total. The number of aromatic nitrogens is 4. The highest BCUT2D eigenvalue weighted by atomic mass is 35.5. The Balaban J connectivity index is 1.52. The van der Waals surface area contributed by atoms with Crippen LogP contribution in [0.4, 0.5) is 0 Å². The molecule has 3 aromatic heterocycles. The maximum atomic E-state index is 13.2. The van der Waals surface area contributed by atoms with Gasteiger partial charge in [-0.25, -0.2) is 4.98 Å². The quantitative estimate of drug-likeness (QED) is 0.356. The predicted molar refractivity (Wildman–Crippen MR) is 118 cm³/mol. The van der Waals surface area contributed by atoms with Crippen LogP contribution in [0.25, 0.3) is 32.7 Å². The standard InChI is InChI=1S/C21H12Cl2N4O2S/c22-13-7-5-12(6-8-13)15-10-30-20-18(15)21(28)27(11-24-20)9-17-25-19(26-29-17)14-3-1-2-4-16(14)23/h1-8,10-11H,9H2. The second-order valence-electron chi connectivity index (χ2n) is 6.51. The van der Waals surface area contributed by atoms with Crippen molar-refractivity contribution in [1.29, 1.82) is 0 Å². The van der Waals surface area contributed by atoms with Crippen molar-refractivity contribution in [1.82, 2.24) is 19.7 Å². The Kier molecular flexibility index (Phi) is 4.86. The molecule has 5 aromatic rings. The highest BCUT2D eigenvalue weighted by Gasteiger charge is 2.16. The highest BCUT2D eigenvalue weighted by molar-refractivity contribution is 7.17. The van der Waals surface area contributed by atoms with E-state index in [2.05, 4.69) is 15.1 Å². The van der Waals surface area contributed by atoms with E-state index in [9.17, 15) is 4.79 Å². The van der Waals surface area contributed by atoms with Crippen molar-refractivity contribution >= 4 is 44.8 Å². The fraction of sp³-hybridized carbons (Fsp3) is 0.0476. The van der Waals surface area contributed by atoms with Crippen LogP contribution in [0, 0.1) is 0 Å². The maximum Gasteiger partial charge on any atom is 0.263 e. The topological polar surface area (TPSA) is 73.8 Å². The smallest absolute Gasteiger partial charge is 0.263 e. The molecule has 0 fully saturated rings. The lowest BCUT2D eigenvalue weighted by Crippen LogP contribution is -2.21. The zero-order valence-corrected chi connectivity index (χ0v) is 17.6. The molecule has 0 atom stereocenters. The second kappa shape index (κ2) is 7.68. The van der Waals surface area contributed by atoms with Crippen molar-refractivity contribution in [2.45, 2.75) is 6.54 Å². The number of hydrogen-bond donors (Lipinski definition) is 0. The van der Waals surface area contributed by atoms with Crippen LogP contribution in [0.15, 0.2) is 69.6 Å². The fourth-order valence-corrected chi connectivity index (χ4v) is 4.39. The molecule has 0 radical (unpaired) electrons. The molecule has 5 rings (SSSR count). The first-order valence-electron chi connectivity index (χ1n) is 8.90. The number of nitrogens with zero attached hydrogens (tertiary/aromatic N) is 4. The third kappa shape index (κ3) is 3.41. The summed E-state index contributed by atoms with van der Waals surface area (Å²) in [6.07, 6.45) is 1.49. The van der Waals surface area contributed by atoms with E-state index in [-0.39, 0.29) is 18.0 Å². The van der Waals surface area contributed by atoms with Gasteiger partial charge in [-0.2, -0.15) is 4.98 Å². The van der Waals surface area contributed by atoms with Crippen LogP contribution < -0.4 is 5.56 Å². The van der Waals surface area contributed by atoms with Crippen LogP contribution in [0.3, 0.4) is 0 Å². The molecular weight excluding hydrogens is 443 g/mol. The van der Waals surface area contributed by atoms with Gasteiger partial charge in [0, 0.05) is 21.5 Å². The van der Waals surface area contributed by atoms with E-state index in [0.717, 1.165) is 11.1 Å². The number of benzene rings is 2. The van der Waals surface area contributed by atoms with E-state index in [0.29, 0.717) is 31.6 Å². The SMILES string of the molecule is O=c1c2c(-c3ccc(Cl)cc3)csc2ncn1Cc1nc(-c2ccccc2Cl)no1. The molecular formula is C21H12Cl2N4O2S. The Morgan fingerprint density at radius 2 is 1.83 bits per heavy atom. The van der Waals surface area contributed by atoms with Gasteiger partial charge in [-0.1, -0.05) is 52.6 Å². The molecule has 0 saturated heterocycles. The number of fused-ring (bicyclic) bond motifs is 1. The van der Waals surface area contributed by atoms with Crippen LogP contribution in [0.1, 0.15) is 5.89 Å². The van der Waals surface area contributed by atoms with Gasteiger partial charge in [0.1, 0.15) is 11.4 Å². The van der Waals surface area contributed by atoms with Crippen molar-refractivity contribution in [3.05, 3.63) is 86.5 Å². The third-order valence-corrected chi connectivity index (χ3v) is 6.07. The minimum absolute atomic E-state index is 0.106. The number of thiophene rings is 1. The summed E-state index contributed by atoms with van der Waals surface area (Å²) >= 11 is 13.6. The lowest BCUT2D eigenvalue weighted by molar-refractivity contribution is 0.369. The summed E-state index contributed by atoms with van der Waals surface area (Å²) in [5, 5.41) is 7.62. The first-order valence-corrected chi connectivity index (χ1v) is 10.5. The molecule has 0 aliphatic heterocycles. The molecule has 0 unspecified atom stereocenters. The van der Waals surface area contributed by atoms with E-state index in [1.807, 2.05) is 29.6 Å². The van der Waals surface area contributed by atoms with Crippen molar-refractivity contribution in [2.75, 3.05) is 0 Å². The fourth-order valence-electron chi connectivity index (χ4n) is 3.14. The van der Waals surface area contributed by atoms with Gasteiger partial charge in [0.25, 0.3) is 5.56 Å². The van der Waals surface area contributed by atoms with Crippen molar-refractivity contribution in [3.63, 3.8) is 0 Å². The first kappa shape index (κ1) is 19.0. The summed E-state index contributed by atoms with van der Waals surface area (Å²) < 4.78 is 6.79. The molecule has 0 aliphatic rings.